The van der Waals surface area contributed by atoms with Crippen LogP contribution < -0.4 is 4.74 Å². The standard InChI is InChI=1S/C17H26O2/c1-13(2)12-19-15-9-6-14(7-10-15)8-11-16(18)17(3,4)5/h6-7,9-10,13H,8,11-12H2,1-5H3. The number of ketones is 1. The maximum atomic E-state index is 11.9. The molecule has 0 aliphatic heterocycles. The second-order valence-corrected chi connectivity index (χ2v) is 6.52. The van der Waals surface area contributed by atoms with E-state index >= 15 is 0 Å². The normalized spacial score (nSPS) is 11.7. The average Bonchev–Trinajstić information content (AvgIpc) is 2.33. The molecule has 0 bridgehead atoms. The minimum atomic E-state index is -0.236. The van der Waals surface area contributed by atoms with Crippen molar-refractivity contribution in [3.63, 3.8) is 0 Å². The zero-order valence-electron chi connectivity index (χ0n) is 12.8. The van der Waals surface area contributed by atoms with Gasteiger partial charge in [-0.1, -0.05) is 46.8 Å². The lowest BCUT2D eigenvalue weighted by Gasteiger charge is -2.16. The first-order valence-corrected chi connectivity index (χ1v) is 7.04. The van der Waals surface area contributed by atoms with Crippen molar-refractivity contribution < 1.29 is 9.53 Å². The number of hydrogen-bond donors (Lipinski definition) is 0. The summed E-state index contributed by atoms with van der Waals surface area (Å²) in [7, 11) is 0. The molecule has 0 fully saturated rings. The molecule has 0 aromatic heterocycles. The van der Waals surface area contributed by atoms with E-state index in [0.717, 1.165) is 18.8 Å². The largest absolute Gasteiger partial charge is 0.493 e. The third-order valence-corrected chi connectivity index (χ3v) is 2.98. The van der Waals surface area contributed by atoms with Crippen LogP contribution in [0, 0.1) is 11.3 Å². The molecule has 0 heterocycles. The highest BCUT2D eigenvalue weighted by Gasteiger charge is 2.20. The number of aryl methyl sites for hydroxylation is 1. The van der Waals surface area contributed by atoms with Gasteiger partial charge in [0.1, 0.15) is 11.5 Å². The Labute approximate surface area is 117 Å². The van der Waals surface area contributed by atoms with Crippen molar-refractivity contribution in [3.8, 4) is 5.75 Å². The highest BCUT2D eigenvalue weighted by Crippen LogP contribution is 2.19. The Kier molecular flexibility index (Phi) is 5.59. The monoisotopic (exact) mass is 262 g/mol. The van der Waals surface area contributed by atoms with Gasteiger partial charge in [-0.05, 0) is 30.0 Å². The van der Waals surface area contributed by atoms with Crippen LogP contribution in [0.25, 0.3) is 0 Å². The van der Waals surface area contributed by atoms with Gasteiger partial charge in [0.05, 0.1) is 6.61 Å². The molecule has 0 atom stereocenters. The van der Waals surface area contributed by atoms with Crippen LogP contribution >= 0.6 is 0 Å². The van der Waals surface area contributed by atoms with Crippen molar-refractivity contribution in [1.82, 2.24) is 0 Å². The molecular weight excluding hydrogens is 236 g/mol. The summed E-state index contributed by atoms with van der Waals surface area (Å²) in [6.45, 7) is 10.9. The van der Waals surface area contributed by atoms with Crippen molar-refractivity contribution in [1.29, 1.82) is 0 Å². The number of benzene rings is 1. The molecule has 0 saturated carbocycles. The topological polar surface area (TPSA) is 26.3 Å². The summed E-state index contributed by atoms with van der Waals surface area (Å²) >= 11 is 0. The van der Waals surface area contributed by atoms with Crippen LogP contribution in [0.15, 0.2) is 24.3 Å². The molecule has 1 aromatic carbocycles. The molecule has 0 amide bonds. The van der Waals surface area contributed by atoms with Crippen LogP contribution in [0.3, 0.4) is 0 Å². The number of rotatable bonds is 6. The Morgan fingerprint density at radius 3 is 2.21 bits per heavy atom. The molecule has 0 unspecified atom stereocenters. The maximum absolute atomic E-state index is 11.9. The van der Waals surface area contributed by atoms with E-state index in [0.29, 0.717) is 18.1 Å². The third-order valence-electron chi connectivity index (χ3n) is 2.98. The second kappa shape index (κ2) is 6.74. The summed E-state index contributed by atoms with van der Waals surface area (Å²) in [5.41, 5.74) is 0.954. The van der Waals surface area contributed by atoms with E-state index in [2.05, 4.69) is 13.8 Å². The van der Waals surface area contributed by atoms with Crippen LogP contribution in [-0.2, 0) is 11.2 Å². The molecule has 0 aliphatic carbocycles. The summed E-state index contributed by atoms with van der Waals surface area (Å²) in [5, 5.41) is 0. The summed E-state index contributed by atoms with van der Waals surface area (Å²) in [6, 6.07) is 8.07. The molecule has 0 N–H and O–H groups in total. The van der Waals surface area contributed by atoms with Crippen LogP contribution in [0.2, 0.25) is 0 Å². The number of carbonyl (C=O) groups is 1. The predicted octanol–water partition coefficient (Wildman–Crippen LogP) is 4.27. The fourth-order valence-electron chi connectivity index (χ4n) is 1.65. The smallest absolute Gasteiger partial charge is 0.138 e. The van der Waals surface area contributed by atoms with E-state index in [1.165, 1.54) is 5.56 Å². The van der Waals surface area contributed by atoms with E-state index in [1.54, 1.807) is 0 Å². The van der Waals surface area contributed by atoms with E-state index in [-0.39, 0.29) is 5.41 Å². The fourth-order valence-corrected chi connectivity index (χ4v) is 1.65. The van der Waals surface area contributed by atoms with Gasteiger partial charge in [0, 0.05) is 11.8 Å². The van der Waals surface area contributed by atoms with Gasteiger partial charge in [-0.25, -0.2) is 0 Å². The lowest BCUT2D eigenvalue weighted by Crippen LogP contribution is -2.20. The van der Waals surface area contributed by atoms with Crippen LogP contribution in [0.1, 0.15) is 46.6 Å². The van der Waals surface area contributed by atoms with Gasteiger partial charge in [-0.3, -0.25) is 4.79 Å². The quantitative estimate of drug-likeness (QED) is 0.765. The van der Waals surface area contributed by atoms with Gasteiger partial charge in [-0.2, -0.15) is 0 Å². The van der Waals surface area contributed by atoms with Gasteiger partial charge < -0.3 is 4.74 Å². The molecule has 0 aliphatic rings. The lowest BCUT2D eigenvalue weighted by molar-refractivity contribution is -0.126. The van der Waals surface area contributed by atoms with Crippen LogP contribution in [-0.4, -0.2) is 12.4 Å². The molecule has 0 spiro atoms. The van der Waals surface area contributed by atoms with Crippen molar-refractivity contribution >= 4 is 5.78 Å². The van der Waals surface area contributed by atoms with Crippen molar-refractivity contribution in [2.45, 2.75) is 47.5 Å². The lowest BCUT2D eigenvalue weighted by atomic mass is 9.87. The summed E-state index contributed by atoms with van der Waals surface area (Å²) in [5.74, 6) is 1.75. The van der Waals surface area contributed by atoms with Crippen molar-refractivity contribution in [2.24, 2.45) is 11.3 Å². The Hall–Kier alpha value is -1.31. The first-order valence-electron chi connectivity index (χ1n) is 7.04. The zero-order chi connectivity index (χ0) is 14.5. The van der Waals surface area contributed by atoms with Crippen molar-refractivity contribution in [2.75, 3.05) is 6.61 Å². The Bertz CT molecular complexity index is 396. The van der Waals surface area contributed by atoms with Gasteiger partial charge in [0.25, 0.3) is 0 Å². The van der Waals surface area contributed by atoms with E-state index in [1.807, 2.05) is 45.0 Å². The molecule has 0 saturated heterocycles. The molecule has 0 radical (unpaired) electrons. The predicted molar refractivity (Wildman–Crippen MR) is 79.6 cm³/mol. The average molecular weight is 262 g/mol. The molecule has 106 valence electrons. The van der Waals surface area contributed by atoms with E-state index in [4.69, 9.17) is 4.74 Å². The highest BCUT2D eigenvalue weighted by molar-refractivity contribution is 5.83. The molecular formula is C17H26O2. The zero-order valence-corrected chi connectivity index (χ0v) is 12.8. The number of ether oxygens (including phenoxy) is 1. The highest BCUT2D eigenvalue weighted by atomic mass is 16.5. The summed E-state index contributed by atoms with van der Waals surface area (Å²) in [4.78, 5) is 11.9. The molecule has 1 aromatic rings. The minimum Gasteiger partial charge on any atom is -0.493 e. The Balaban J connectivity index is 2.46. The molecule has 1 rings (SSSR count). The van der Waals surface area contributed by atoms with Crippen LogP contribution in [0.5, 0.6) is 5.75 Å². The van der Waals surface area contributed by atoms with Gasteiger partial charge >= 0.3 is 0 Å². The number of carbonyl (C=O) groups excluding carboxylic acids is 1. The number of Topliss-reactive ketones (excluding diaryl/α,β-unsaturated/α-hetero) is 1. The van der Waals surface area contributed by atoms with Crippen LogP contribution in [0.4, 0.5) is 0 Å². The molecule has 19 heavy (non-hydrogen) atoms. The first-order chi connectivity index (χ1) is 8.79. The maximum Gasteiger partial charge on any atom is 0.138 e. The first kappa shape index (κ1) is 15.7. The van der Waals surface area contributed by atoms with E-state index < -0.39 is 0 Å². The fraction of sp³-hybridized carbons (Fsp3) is 0.588. The summed E-state index contributed by atoms with van der Waals surface area (Å²) in [6.07, 6.45) is 1.41. The van der Waals surface area contributed by atoms with Gasteiger partial charge in [-0.15, -0.1) is 0 Å². The minimum absolute atomic E-state index is 0.236. The molecule has 2 nitrogen and oxygen atoms in total. The Morgan fingerprint density at radius 1 is 1.16 bits per heavy atom. The van der Waals surface area contributed by atoms with Gasteiger partial charge in [0.2, 0.25) is 0 Å². The third kappa shape index (κ3) is 5.91. The Morgan fingerprint density at radius 2 is 1.74 bits per heavy atom. The van der Waals surface area contributed by atoms with Gasteiger partial charge in [0.15, 0.2) is 0 Å². The SMILES string of the molecule is CC(C)COc1ccc(CCC(=O)C(C)(C)C)cc1. The molecule has 2 heteroatoms. The summed E-state index contributed by atoms with van der Waals surface area (Å²) < 4.78 is 5.64. The van der Waals surface area contributed by atoms with E-state index in [9.17, 15) is 4.79 Å². The second-order valence-electron chi connectivity index (χ2n) is 6.52. The number of hydrogen-bond acceptors (Lipinski definition) is 2. The van der Waals surface area contributed by atoms with Crippen molar-refractivity contribution in [3.05, 3.63) is 29.8 Å².